The van der Waals surface area contributed by atoms with E-state index in [2.05, 4.69) is 0 Å². The molecule has 2 unspecified atom stereocenters. The van der Waals surface area contributed by atoms with Crippen LogP contribution in [0.4, 0.5) is 0 Å². The van der Waals surface area contributed by atoms with Crippen LogP contribution in [-0.2, 0) is 9.59 Å². The van der Waals surface area contributed by atoms with E-state index in [1.807, 2.05) is 34.6 Å². The fourth-order valence-corrected chi connectivity index (χ4v) is 3.79. The van der Waals surface area contributed by atoms with Gasteiger partial charge in [0.15, 0.2) is 0 Å². The smallest absolute Gasteiger partial charge is 0.311 e. The number of hydrogen-bond donors (Lipinski definition) is 2. The zero-order valence-electron chi connectivity index (χ0n) is 13.0. The SMILES string of the molecule is CCCC(C(=O)O)(C(C)C)C(CC)(C(=O)O)C(C)C. The number of aliphatic carboxylic acids is 2. The quantitative estimate of drug-likeness (QED) is 0.707. The lowest BCUT2D eigenvalue weighted by Crippen LogP contribution is -2.58. The Kier molecular flexibility index (Phi) is 6.04. The third-order valence-electron chi connectivity index (χ3n) is 4.73. The van der Waals surface area contributed by atoms with E-state index in [0.717, 1.165) is 0 Å². The molecule has 0 fully saturated rings. The summed E-state index contributed by atoms with van der Waals surface area (Å²) < 4.78 is 0. The van der Waals surface area contributed by atoms with Crippen molar-refractivity contribution in [3.05, 3.63) is 0 Å². The van der Waals surface area contributed by atoms with Crippen LogP contribution >= 0.6 is 0 Å². The molecule has 2 atom stereocenters. The Labute approximate surface area is 116 Å². The van der Waals surface area contributed by atoms with Crippen LogP contribution in [0, 0.1) is 22.7 Å². The lowest BCUT2D eigenvalue weighted by molar-refractivity contribution is -0.187. The van der Waals surface area contributed by atoms with Crippen molar-refractivity contribution in [1.82, 2.24) is 0 Å². The summed E-state index contributed by atoms with van der Waals surface area (Å²) in [4.78, 5) is 24.0. The van der Waals surface area contributed by atoms with Crippen LogP contribution in [0.5, 0.6) is 0 Å². The van der Waals surface area contributed by atoms with Gasteiger partial charge in [-0.05, 0) is 24.7 Å². The number of carbonyl (C=O) groups is 2. The molecule has 0 saturated heterocycles. The van der Waals surface area contributed by atoms with Crippen LogP contribution in [0.2, 0.25) is 0 Å². The summed E-state index contributed by atoms with van der Waals surface area (Å²) >= 11 is 0. The molecule has 112 valence electrons. The van der Waals surface area contributed by atoms with E-state index >= 15 is 0 Å². The minimum atomic E-state index is -1.23. The van der Waals surface area contributed by atoms with Crippen LogP contribution in [0.15, 0.2) is 0 Å². The maximum absolute atomic E-state index is 12.0. The van der Waals surface area contributed by atoms with E-state index in [4.69, 9.17) is 0 Å². The van der Waals surface area contributed by atoms with Crippen molar-refractivity contribution in [2.75, 3.05) is 0 Å². The van der Waals surface area contributed by atoms with Crippen molar-refractivity contribution < 1.29 is 19.8 Å². The third-order valence-corrected chi connectivity index (χ3v) is 4.73. The van der Waals surface area contributed by atoms with Crippen LogP contribution < -0.4 is 0 Å². The fraction of sp³-hybridized carbons (Fsp3) is 0.867. The van der Waals surface area contributed by atoms with Gasteiger partial charge in [0.25, 0.3) is 0 Å². The van der Waals surface area contributed by atoms with Crippen LogP contribution in [-0.4, -0.2) is 22.2 Å². The Hall–Kier alpha value is -1.06. The van der Waals surface area contributed by atoms with Crippen molar-refractivity contribution in [2.24, 2.45) is 22.7 Å². The van der Waals surface area contributed by atoms with E-state index < -0.39 is 22.8 Å². The summed E-state index contributed by atoms with van der Waals surface area (Å²) in [5.41, 5.74) is -2.46. The number of hydrogen-bond acceptors (Lipinski definition) is 2. The molecule has 0 aromatic carbocycles. The molecule has 0 heterocycles. The van der Waals surface area contributed by atoms with Gasteiger partial charge in [0.1, 0.15) is 0 Å². The van der Waals surface area contributed by atoms with Crippen LogP contribution in [0.3, 0.4) is 0 Å². The second-order valence-corrected chi connectivity index (χ2v) is 5.97. The molecule has 0 radical (unpaired) electrons. The molecule has 0 aliphatic carbocycles. The largest absolute Gasteiger partial charge is 0.481 e. The minimum Gasteiger partial charge on any atom is -0.481 e. The van der Waals surface area contributed by atoms with Crippen molar-refractivity contribution in [2.45, 2.75) is 60.8 Å². The number of carboxylic acids is 2. The molecule has 0 bridgehead atoms. The Morgan fingerprint density at radius 2 is 1.26 bits per heavy atom. The summed E-state index contributed by atoms with van der Waals surface area (Å²) in [6, 6.07) is 0. The molecule has 0 aliphatic rings. The molecule has 0 rings (SSSR count). The second kappa shape index (κ2) is 6.40. The third kappa shape index (κ3) is 2.49. The Morgan fingerprint density at radius 1 is 0.895 bits per heavy atom. The summed E-state index contributed by atoms with van der Waals surface area (Å²) in [5.74, 6) is -2.44. The summed E-state index contributed by atoms with van der Waals surface area (Å²) in [6.45, 7) is 11.0. The first-order chi connectivity index (χ1) is 8.64. The van der Waals surface area contributed by atoms with E-state index in [0.29, 0.717) is 19.3 Å². The first-order valence-electron chi connectivity index (χ1n) is 7.11. The van der Waals surface area contributed by atoms with Gasteiger partial charge >= 0.3 is 11.9 Å². The van der Waals surface area contributed by atoms with E-state index in [9.17, 15) is 19.8 Å². The summed E-state index contributed by atoms with van der Waals surface area (Å²) in [7, 11) is 0. The molecule has 2 N–H and O–H groups in total. The van der Waals surface area contributed by atoms with Gasteiger partial charge in [-0.25, -0.2) is 0 Å². The zero-order valence-corrected chi connectivity index (χ0v) is 13.0. The highest BCUT2D eigenvalue weighted by Gasteiger charge is 2.62. The van der Waals surface area contributed by atoms with E-state index in [-0.39, 0.29) is 11.8 Å². The lowest BCUT2D eigenvalue weighted by atomic mass is 9.51. The van der Waals surface area contributed by atoms with Crippen LogP contribution in [0.25, 0.3) is 0 Å². The molecule has 0 aliphatic heterocycles. The maximum Gasteiger partial charge on any atom is 0.311 e. The highest BCUT2D eigenvalue weighted by molar-refractivity contribution is 5.87. The Morgan fingerprint density at radius 3 is 1.42 bits per heavy atom. The molecule has 0 saturated carbocycles. The summed E-state index contributed by atoms with van der Waals surface area (Å²) in [5, 5.41) is 19.6. The number of carboxylic acid groups (broad SMARTS) is 2. The molecule has 0 aromatic rings. The molecular weight excluding hydrogens is 244 g/mol. The van der Waals surface area contributed by atoms with Crippen molar-refractivity contribution >= 4 is 11.9 Å². The van der Waals surface area contributed by atoms with Gasteiger partial charge in [0.2, 0.25) is 0 Å². The van der Waals surface area contributed by atoms with Gasteiger partial charge in [-0.1, -0.05) is 48.0 Å². The van der Waals surface area contributed by atoms with Crippen molar-refractivity contribution in [3.63, 3.8) is 0 Å². The monoisotopic (exact) mass is 272 g/mol. The standard InChI is InChI=1S/C15H28O4/c1-7-9-15(11(5)6,13(18)19)14(8-2,10(3)4)12(16)17/h10-11H,7-9H2,1-6H3,(H,16,17)(H,18,19). The normalized spacial score (nSPS) is 18.1. The Bertz CT molecular complexity index is 335. The molecule has 4 heteroatoms. The van der Waals surface area contributed by atoms with Crippen molar-refractivity contribution in [1.29, 1.82) is 0 Å². The lowest BCUT2D eigenvalue weighted by Gasteiger charge is -2.50. The van der Waals surface area contributed by atoms with Gasteiger partial charge in [0.05, 0.1) is 10.8 Å². The van der Waals surface area contributed by atoms with E-state index in [1.165, 1.54) is 0 Å². The highest BCUT2D eigenvalue weighted by atomic mass is 16.4. The minimum absolute atomic E-state index is 0.233. The van der Waals surface area contributed by atoms with Gasteiger partial charge in [-0.2, -0.15) is 0 Å². The van der Waals surface area contributed by atoms with E-state index in [1.54, 1.807) is 6.92 Å². The maximum atomic E-state index is 12.0. The van der Waals surface area contributed by atoms with Crippen molar-refractivity contribution in [3.8, 4) is 0 Å². The first-order valence-corrected chi connectivity index (χ1v) is 7.11. The molecule has 4 nitrogen and oxygen atoms in total. The Balaban J connectivity index is 6.32. The van der Waals surface area contributed by atoms with Gasteiger partial charge in [-0.3, -0.25) is 9.59 Å². The predicted octanol–water partition coefficient (Wildman–Crippen LogP) is 3.65. The molecule has 0 aromatic heterocycles. The number of rotatable bonds is 8. The molecule has 19 heavy (non-hydrogen) atoms. The molecule has 0 spiro atoms. The van der Waals surface area contributed by atoms with Gasteiger partial charge in [0, 0.05) is 0 Å². The van der Waals surface area contributed by atoms with Gasteiger partial charge in [-0.15, -0.1) is 0 Å². The summed E-state index contributed by atoms with van der Waals surface area (Å²) in [6.07, 6.45) is 1.37. The second-order valence-electron chi connectivity index (χ2n) is 5.97. The first kappa shape index (κ1) is 17.9. The average molecular weight is 272 g/mol. The molecule has 0 amide bonds. The van der Waals surface area contributed by atoms with Crippen LogP contribution in [0.1, 0.15) is 60.8 Å². The van der Waals surface area contributed by atoms with Gasteiger partial charge < -0.3 is 10.2 Å². The predicted molar refractivity (Wildman–Crippen MR) is 75.0 cm³/mol. The zero-order chi connectivity index (χ0) is 15.4. The highest BCUT2D eigenvalue weighted by Crippen LogP contribution is 2.55. The molecular formula is C15H28O4. The fourth-order valence-electron chi connectivity index (χ4n) is 3.79. The average Bonchev–Trinajstić information content (AvgIpc) is 2.27. The topological polar surface area (TPSA) is 74.6 Å².